The van der Waals surface area contributed by atoms with Crippen LogP contribution in [0.25, 0.3) is 16.9 Å². The van der Waals surface area contributed by atoms with E-state index < -0.39 is 0 Å². The molecule has 0 bridgehead atoms. The molecular formula is C18H16BrN3S. The highest BCUT2D eigenvalue weighted by Gasteiger charge is 2.13. The number of nitrogens with zero attached hydrogens (tertiary/aromatic N) is 2. The van der Waals surface area contributed by atoms with Crippen LogP contribution in [0.4, 0.5) is 0 Å². The minimum absolute atomic E-state index is 0.609. The lowest BCUT2D eigenvalue weighted by Crippen LogP contribution is -1.93. The number of aromatic nitrogens is 2. The van der Waals surface area contributed by atoms with Crippen molar-refractivity contribution in [3.63, 3.8) is 0 Å². The molecule has 0 aliphatic heterocycles. The number of hydrogen-bond donors (Lipinski definition) is 1. The van der Waals surface area contributed by atoms with Gasteiger partial charge in [-0.15, -0.1) is 11.8 Å². The highest BCUT2D eigenvalue weighted by molar-refractivity contribution is 9.10. The maximum atomic E-state index is 5.70. The second kappa shape index (κ2) is 7.06. The van der Waals surface area contributed by atoms with Gasteiger partial charge in [0, 0.05) is 27.5 Å². The van der Waals surface area contributed by atoms with Crippen LogP contribution in [0.1, 0.15) is 5.56 Å². The predicted octanol–water partition coefficient (Wildman–Crippen LogP) is 4.96. The fraction of sp³-hybridized carbons (Fsp3) is 0.0556. The molecule has 0 radical (unpaired) electrons. The summed E-state index contributed by atoms with van der Waals surface area (Å²) >= 11 is 5.05. The van der Waals surface area contributed by atoms with Crippen LogP contribution >= 0.6 is 27.7 Å². The largest absolute Gasteiger partial charge is 0.394 e. The van der Waals surface area contributed by atoms with Gasteiger partial charge in [0.05, 0.1) is 16.4 Å². The normalized spacial score (nSPS) is 10.7. The van der Waals surface area contributed by atoms with Gasteiger partial charge in [-0.2, -0.15) is 5.10 Å². The highest BCUT2D eigenvalue weighted by Crippen LogP contribution is 2.29. The molecule has 23 heavy (non-hydrogen) atoms. The molecule has 116 valence electrons. The van der Waals surface area contributed by atoms with Crippen molar-refractivity contribution in [2.24, 2.45) is 5.73 Å². The fourth-order valence-corrected chi connectivity index (χ4v) is 3.23. The van der Waals surface area contributed by atoms with Crippen molar-refractivity contribution in [1.29, 1.82) is 0 Å². The lowest BCUT2D eigenvalue weighted by molar-refractivity contribution is 0.884. The fourth-order valence-electron chi connectivity index (χ4n) is 2.28. The first-order valence-corrected chi connectivity index (χ1v) is 8.88. The third kappa shape index (κ3) is 3.86. The van der Waals surface area contributed by atoms with Crippen molar-refractivity contribution in [3.8, 4) is 16.9 Å². The first-order valence-electron chi connectivity index (χ1n) is 7.10. The molecule has 0 unspecified atom stereocenters. The Morgan fingerprint density at radius 2 is 1.96 bits per heavy atom. The van der Waals surface area contributed by atoms with E-state index in [9.17, 15) is 0 Å². The molecule has 1 aromatic heterocycles. The van der Waals surface area contributed by atoms with Crippen LogP contribution in [0.5, 0.6) is 0 Å². The number of thioether (sulfide) groups is 1. The van der Waals surface area contributed by atoms with Gasteiger partial charge < -0.3 is 5.73 Å². The third-order valence-electron chi connectivity index (χ3n) is 3.32. The lowest BCUT2D eigenvalue weighted by Gasteiger charge is -2.03. The number of rotatable bonds is 5. The molecule has 0 fully saturated rings. The molecular weight excluding hydrogens is 370 g/mol. The third-order valence-corrected chi connectivity index (χ3v) is 4.64. The van der Waals surface area contributed by atoms with Crippen LogP contribution in [-0.2, 0) is 5.75 Å². The molecule has 3 rings (SSSR count). The highest BCUT2D eigenvalue weighted by atomic mass is 79.9. The smallest absolute Gasteiger partial charge is 0.0968 e. The summed E-state index contributed by atoms with van der Waals surface area (Å²) in [5, 5.41) is 5.39. The van der Waals surface area contributed by atoms with Crippen LogP contribution in [0.2, 0.25) is 0 Å². The Morgan fingerprint density at radius 1 is 1.17 bits per heavy atom. The van der Waals surface area contributed by atoms with Crippen molar-refractivity contribution in [1.82, 2.24) is 9.78 Å². The number of benzene rings is 2. The zero-order chi connectivity index (χ0) is 16.2. The molecule has 0 amide bonds. The van der Waals surface area contributed by atoms with Gasteiger partial charge in [-0.05, 0) is 24.3 Å². The van der Waals surface area contributed by atoms with Crippen molar-refractivity contribution in [2.75, 3.05) is 0 Å². The van der Waals surface area contributed by atoms with Crippen LogP contribution < -0.4 is 5.73 Å². The first kappa shape index (κ1) is 15.9. The molecule has 0 saturated carbocycles. The van der Waals surface area contributed by atoms with Gasteiger partial charge in [-0.3, -0.25) is 0 Å². The van der Waals surface area contributed by atoms with Crippen molar-refractivity contribution in [2.45, 2.75) is 5.75 Å². The molecule has 5 heteroatoms. The number of para-hydroxylation sites is 1. The summed E-state index contributed by atoms with van der Waals surface area (Å²) in [5.74, 6) is 0.740. The van der Waals surface area contributed by atoms with E-state index in [0.717, 1.165) is 32.7 Å². The number of halogens is 1. The number of hydrogen-bond acceptors (Lipinski definition) is 3. The quantitative estimate of drug-likeness (QED) is 0.674. The van der Waals surface area contributed by atoms with Gasteiger partial charge in [-0.1, -0.05) is 52.8 Å². The maximum Gasteiger partial charge on any atom is 0.0968 e. The molecule has 0 atom stereocenters. The molecule has 0 saturated heterocycles. The zero-order valence-corrected chi connectivity index (χ0v) is 14.8. The molecule has 0 spiro atoms. The second-order valence-corrected chi connectivity index (χ2v) is 7.07. The molecule has 2 N–H and O–H groups in total. The Bertz CT molecular complexity index is 827. The Hall–Kier alpha value is -1.98. The van der Waals surface area contributed by atoms with E-state index in [-0.39, 0.29) is 0 Å². The summed E-state index contributed by atoms with van der Waals surface area (Å²) < 4.78 is 2.94. The molecule has 0 aliphatic carbocycles. The molecule has 1 heterocycles. The minimum Gasteiger partial charge on any atom is -0.394 e. The Morgan fingerprint density at radius 3 is 2.65 bits per heavy atom. The summed E-state index contributed by atoms with van der Waals surface area (Å²) in [4.78, 5) is 0. The summed E-state index contributed by atoms with van der Waals surface area (Å²) in [6, 6.07) is 18.2. The van der Waals surface area contributed by atoms with E-state index >= 15 is 0 Å². The van der Waals surface area contributed by atoms with Gasteiger partial charge in [0.25, 0.3) is 0 Å². The Balaban J connectivity index is 2.05. The molecule has 3 nitrogen and oxygen atoms in total. The van der Waals surface area contributed by atoms with Crippen molar-refractivity contribution in [3.05, 3.63) is 82.4 Å². The van der Waals surface area contributed by atoms with Crippen LogP contribution in [0, 0.1) is 0 Å². The van der Waals surface area contributed by atoms with Crippen molar-refractivity contribution < 1.29 is 0 Å². The van der Waals surface area contributed by atoms with E-state index in [1.165, 1.54) is 11.8 Å². The summed E-state index contributed by atoms with van der Waals surface area (Å²) in [6.45, 7) is 3.76. The van der Waals surface area contributed by atoms with Gasteiger partial charge in [0.15, 0.2) is 0 Å². The van der Waals surface area contributed by atoms with E-state index in [2.05, 4.69) is 40.8 Å². The van der Waals surface area contributed by atoms with Gasteiger partial charge in [-0.25, -0.2) is 4.68 Å². The maximum absolute atomic E-state index is 5.70. The molecule has 3 aromatic rings. The predicted molar refractivity (Wildman–Crippen MR) is 101 cm³/mol. The summed E-state index contributed by atoms with van der Waals surface area (Å²) in [5.41, 5.74) is 9.91. The van der Waals surface area contributed by atoms with Gasteiger partial charge in [0.2, 0.25) is 0 Å². The Labute approximate surface area is 148 Å². The van der Waals surface area contributed by atoms with Crippen molar-refractivity contribution >= 4 is 27.7 Å². The van der Waals surface area contributed by atoms with E-state index in [1.54, 1.807) is 0 Å². The zero-order valence-electron chi connectivity index (χ0n) is 12.4. The monoisotopic (exact) mass is 385 g/mol. The number of nitrogens with two attached hydrogens (primary N) is 1. The average molecular weight is 386 g/mol. The second-order valence-electron chi connectivity index (χ2n) is 5.05. The molecule has 0 aliphatic rings. The SMILES string of the molecule is C=C(N)SCc1cn(-c2ccccc2)nc1-c1cccc(Br)c1. The molecule has 2 aromatic carbocycles. The van der Waals surface area contributed by atoms with Crippen LogP contribution in [-0.4, -0.2) is 9.78 Å². The standard InChI is InChI=1S/C18H16BrN3S/c1-13(20)23-12-15-11-22(17-8-3-2-4-9-17)21-18(15)14-6-5-7-16(19)10-14/h2-11H,1,12,20H2. The van der Waals surface area contributed by atoms with Gasteiger partial charge in [0.1, 0.15) is 0 Å². The van der Waals surface area contributed by atoms with Gasteiger partial charge >= 0.3 is 0 Å². The van der Waals surface area contributed by atoms with E-state index in [1.807, 2.05) is 47.1 Å². The Kier molecular flexibility index (Phi) is 4.88. The average Bonchev–Trinajstić information content (AvgIpc) is 2.98. The van der Waals surface area contributed by atoms with Crippen LogP contribution in [0.3, 0.4) is 0 Å². The first-order chi connectivity index (χ1) is 11.1. The van der Waals surface area contributed by atoms with E-state index in [4.69, 9.17) is 10.8 Å². The minimum atomic E-state index is 0.609. The van der Waals surface area contributed by atoms with E-state index in [0.29, 0.717) is 5.03 Å². The van der Waals surface area contributed by atoms with Crippen LogP contribution in [0.15, 0.2) is 76.9 Å². The summed E-state index contributed by atoms with van der Waals surface area (Å²) in [6.07, 6.45) is 2.06. The lowest BCUT2D eigenvalue weighted by atomic mass is 10.1. The topological polar surface area (TPSA) is 43.8 Å². The summed E-state index contributed by atoms with van der Waals surface area (Å²) in [7, 11) is 0.